The molecule has 0 aliphatic carbocycles. The first kappa shape index (κ1) is 90.9. The Hall–Kier alpha value is -10.7. The van der Waals surface area contributed by atoms with Crippen molar-refractivity contribution < 1.29 is 97.2 Å². The normalized spacial score (nSPS) is 12.2. The second-order valence-corrected chi connectivity index (χ2v) is 26.2. The van der Waals surface area contributed by atoms with Gasteiger partial charge in [-0.3, -0.25) is 43.2 Å². The van der Waals surface area contributed by atoms with E-state index in [4.69, 9.17) is 24.5 Å². The van der Waals surface area contributed by atoms with Crippen LogP contribution in [0.25, 0.3) is 10.4 Å². The number of azide groups is 1. The molecule has 5 amide bonds. The van der Waals surface area contributed by atoms with Crippen LogP contribution in [-0.2, 0) is 69.1 Å². The average Bonchev–Trinajstić information content (AvgIpc) is 0.787. The van der Waals surface area contributed by atoms with Gasteiger partial charge >= 0.3 is 11.9 Å². The molecule has 0 aromatic heterocycles. The first-order chi connectivity index (χ1) is 53.5. The summed E-state index contributed by atoms with van der Waals surface area (Å²) in [6.07, 6.45) is 5.94. The molecule has 0 unspecified atom stereocenters. The standard InChI is InChI=1S/C44H54F4N6O7.C37H43F4N3O6/c1-3-5-22-51-44(59)36-37(45)39(47)41(40(48)38(36)46)61-28-34(55)33(21-13-14-23-50-42(57)31(4-2)20-12-15-24-52-54-49)53-43(58)32(25-29-16-8-6-9-17-29)26-35(56)60-27-30-18-10-7-11-19-30;1-3-4-19-43-37(48)30-31(38)33(40)35(34(41)32(30)39)50-23-28(45)27(17-11-12-18-42-2)44-36(47)26(20-24-13-7-5-8-14-24)21-29(46)49-22-25-15-9-6-10-16-25/h6-11,16-19,31-33H,3-5,12-15,20-28H2,1-2H3,(H,50,57)(H,51,59)(H,53,58);5-10,13-16,26-27,42H,3-4,11-12,17-23H2,1-2H3,(H,43,48)(H,44,47)/t31-,32+,33-;26-,27+/m01/s1. The summed E-state index contributed by atoms with van der Waals surface area (Å²) in [6, 6.07) is 33.0. The number of benzene rings is 6. The number of Topliss-reactive ketones (excluding diaryl/α,β-unsaturated/α-hetero) is 2. The van der Waals surface area contributed by atoms with E-state index in [2.05, 4.69) is 41.9 Å². The number of esters is 2. The van der Waals surface area contributed by atoms with E-state index in [1.165, 1.54) is 0 Å². The van der Waals surface area contributed by atoms with Crippen molar-refractivity contribution in [2.24, 2.45) is 22.9 Å². The maximum atomic E-state index is 15.1. The summed E-state index contributed by atoms with van der Waals surface area (Å²) in [5.74, 6) is -28.6. The zero-order valence-corrected chi connectivity index (χ0v) is 62.7. The highest BCUT2D eigenvalue weighted by atomic mass is 19.2. The maximum absolute atomic E-state index is 15.1. The van der Waals surface area contributed by atoms with Gasteiger partial charge in [-0.05, 0) is 125 Å². The fraction of sp³-hybridized carbons (Fsp3) is 0.444. The Morgan fingerprint density at radius 1 is 0.423 bits per heavy atom. The minimum Gasteiger partial charge on any atom is -0.479 e. The van der Waals surface area contributed by atoms with Crippen LogP contribution in [-0.4, -0.2) is 118 Å². The lowest BCUT2D eigenvalue weighted by molar-refractivity contribution is -0.148. The molecule has 6 N–H and O–H groups in total. The zero-order valence-electron chi connectivity index (χ0n) is 62.7. The molecular formula is C81H97F8N9O13. The topological polar surface area (TPSA) is 311 Å². The first-order valence-corrected chi connectivity index (χ1v) is 37.1. The Labute approximate surface area is 640 Å². The molecule has 0 heterocycles. The maximum Gasteiger partial charge on any atom is 0.306 e. The van der Waals surface area contributed by atoms with Crippen molar-refractivity contribution >= 4 is 53.0 Å². The van der Waals surface area contributed by atoms with Gasteiger partial charge in [-0.1, -0.05) is 166 Å². The molecule has 600 valence electrons. The lowest BCUT2D eigenvalue weighted by Crippen LogP contribution is -2.46. The summed E-state index contributed by atoms with van der Waals surface area (Å²) in [6.45, 7) is 4.45. The van der Waals surface area contributed by atoms with Crippen LogP contribution >= 0.6 is 0 Å². The van der Waals surface area contributed by atoms with E-state index in [1.54, 1.807) is 123 Å². The molecule has 0 saturated carbocycles. The molecule has 0 fully saturated rings. The third-order valence-electron chi connectivity index (χ3n) is 17.7. The SMILES string of the molecule is CCCCNC(=O)c1c(F)c(F)c(OCC(=O)[C@H](CCCCNC(=O)[C@@H](CC)CCCCN=[N+]=[N-])NC(=O)[C@@H](CC(=O)OCc2ccccc2)Cc2ccccc2)c(F)c1F.CCCCNC(=O)c1c(F)c(F)c(OCC(=O)[C@H](CCCCNC)NC(=O)[C@@H](CC(=O)OCc2ccccc2)Cc2ccccc2)c(F)c1F. The van der Waals surface area contributed by atoms with Crippen molar-refractivity contribution in [3.63, 3.8) is 0 Å². The van der Waals surface area contributed by atoms with Crippen LogP contribution in [0, 0.1) is 64.3 Å². The van der Waals surface area contributed by atoms with Crippen molar-refractivity contribution in [1.82, 2.24) is 31.9 Å². The van der Waals surface area contributed by atoms with Gasteiger partial charge in [-0.25, -0.2) is 17.6 Å². The third-order valence-corrected chi connectivity index (χ3v) is 17.7. The Kier molecular flexibility index (Phi) is 41.0. The van der Waals surface area contributed by atoms with E-state index < -0.39 is 153 Å². The van der Waals surface area contributed by atoms with Crippen molar-refractivity contribution in [2.75, 3.05) is 53.0 Å². The molecule has 0 radical (unpaired) electrons. The highest BCUT2D eigenvalue weighted by molar-refractivity contribution is 5.96. The molecule has 0 bridgehead atoms. The molecule has 6 aromatic rings. The van der Waals surface area contributed by atoms with Crippen molar-refractivity contribution in [3.8, 4) is 11.5 Å². The molecule has 111 heavy (non-hydrogen) atoms. The first-order valence-electron chi connectivity index (χ1n) is 37.1. The minimum absolute atomic E-state index is 0.00206. The van der Waals surface area contributed by atoms with Gasteiger partial charge in [0, 0.05) is 37.0 Å². The number of ether oxygens (including phenoxy) is 4. The second-order valence-electron chi connectivity index (χ2n) is 26.2. The van der Waals surface area contributed by atoms with E-state index in [-0.39, 0.29) is 89.6 Å². The highest BCUT2D eigenvalue weighted by Gasteiger charge is 2.36. The van der Waals surface area contributed by atoms with Gasteiger partial charge < -0.3 is 50.8 Å². The van der Waals surface area contributed by atoms with Crippen molar-refractivity contribution in [1.29, 1.82) is 0 Å². The average molecular weight is 1560 g/mol. The second kappa shape index (κ2) is 50.1. The van der Waals surface area contributed by atoms with Crippen LogP contribution in [0.2, 0.25) is 0 Å². The molecule has 6 rings (SSSR count). The predicted molar refractivity (Wildman–Crippen MR) is 397 cm³/mol. The van der Waals surface area contributed by atoms with Crippen molar-refractivity contribution in [3.05, 3.63) is 212 Å². The molecule has 22 nitrogen and oxygen atoms in total. The number of hydrogen-bond donors (Lipinski definition) is 6. The number of amides is 5. The smallest absolute Gasteiger partial charge is 0.306 e. The van der Waals surface area contributed by atoms with E-state index in [1.807, 2.05) is 26.0 Å². The highest BCUT2D eigenvalue weighted by Crippen LogP contribution is 2.33. The van der Waals surface area contributed by atoms with Crippen LogP contribution in [0.4, 0.5) is 35.1 Å². The van der Waals surface area contributed by atoms with Gasteiger partial charge in [0.15, 0.2) is 46.3 Å². The summed E-state index contributed by atoms with van der Waals surface area (Å²) >= 11 is 0. The van der Waals surface area contributed by atoms with Gasteiger partial charge in [0.1, 0.15) is 37.6 Å². The number of carbonyl (C=O) groups excluding carboxylic acids is 9. The van der Waals surface area contributed by atoms with E-state index in [9.17, 15) is 69.5 Å². The van der Waals surface area contributed by atoms with Gasteiger partial charge in [0.2, 0.25) is 41.0 Å². The number of hydrogen-bond acceptors (Lipinski definition) is 15. The Balaban J connectivity index is 0.000000405. The number of unbranched alkanes of at least 4 members (excludes halogenated alkanes) is 5. The number of halogens is 8. The summed E-state index contributed by atoms with van der Waals surface area (Å²) in [4.78, 5) is 121. The van der Waals surface area contributed by atoms with Gasteiger partial charge in [0.05, 0.1) is 36.8 Å². The Morgan fingerprint density at radius 3 is 1.14 bits per heavy atom. The van der Waals surface area contributed by atoms with Gasteiger partial charge in [-0.2, -0.15) is 17.6 Å². The molecule has 0 aliphatic rings. The predicted octanol–water partition coefficient (Wildman–Crippen LogP) is 13.6. The number of nitrogens with zero attached hydrogens (tertiary/aromatic N) is 3. The Bertz CT molecular complexity index is 3980. The fourth-order valence-corrected chi connectivity index (χ4v) is 11.4. The molecule has 5 atom stereocenters. The monoisotopic (exact) mass is 1560 g/mol. The molecule has 30 heteroatoms. The quantitative estimate of drug-likeness (QED) is 0.00394. The van der Waals surface area contributed by atoms with E-state index in [0.717, 1.165) is 16.7 Å². The summed E-state index contributed by atoms with van der Waals surface area (Å²) in [5.41, 5.74) is 8.46. The number of nitrogens with one attached hydrogen (secondary N) is 6. The van der Waals surface area contributed by atoms with E-state index in [0.29, 0.717) is 89.3 Å². The van der Waals surface area contributed by atoms with Crippen LogP contribution in [0.15, 0.2) is 126 Å². The Morgan fingerprint density at radius 2 is 0.784 bits per heavy atom. The van der Waals surface area contributed by atoms with Crippen LogP contribution in [0.3, 0.4) is 0 Å². The molecule has 0 aliphatic heterocycles. The van der Waals surface area contributed by atoms with Crippen LogP contribution in [0.5, 0.6) is 11.5 Å². The number of carbonyl (C=O) groups is 9. The largest absolute Gasteiger partial charge is 0.479 e. The van der Waals surface area contributed by atoms with Crippen LogP contribution < -0.4 is 41.4 Å². The third kappa shape index (κ3) is 30.9. The summed E-state index contributed by atoms with van der Waals surface area (Å²) in [5, 5.41) is 19.0. The minimum atomic E-state index is -2.03. The van der Waals surface area contributed by atoms with Crippen molar-refractivity contribution in [2.45, 2.75) is 162 Å². The molecule has 0 saturated heterocycles. The molecule has 6 aromatic carbocycles. The van der Waals surface area contributed by atoms with Crippen LogP contribution in [0.1, 0.15) is 166 Å². The van der Waals surface area contributed by atoms with Gasteiger partial charge in [0.25, 0.3) is 11.8 Å². The zero-order chi connectivity index (χ0) is 81.0. The summed E-state index contributed by atoms with van der Waals surface area (Å²) < 4.78 is 140. The lowest BCUT2D eigenvalue weighted by atomic mass is 9.94. The molecule has 0 spiro atoms. The number of rotatable bonds is 49. The van der Waals surface area contributed by atoms with Gasteiger partial charge in [-0.15, -0.1) is 0 Å². The summed E-state index contributed by atoms with van der Waals surface area (Å²) in [7, 11) is 1.74. The van der Waals surface area contributed by atoms with E-state index >= 15 is 8.78 Å². The lowest BCUT2D eigenvalue weighted by Gasteiger charge is -2.23. The fourth-order valence-electron chi connectivity index (χ4n) is 11.4. The number of ketones is 2. The molecular weight excluding hydrogens is 1460 g/mol.